The number of thioether (sulfide) groups is 1. The SMILES string of the molecule is CNC(=O)c1cc(NC(=O)c2oc3ccccc3c2CSc2ncccn2)ccc1F. The number of nitrogens with zero attached hydrogens (tertiary/aromatic N) is 2. The number of halogens is 1. The van der Waals surface area contributed by atoms with Gasteiger partial charge in [-0.3, -0.25) is 9.59 Å². The molecule has 4 aromatic rings. The van der Waals surface area contributed by atoms with E-state index in [1.54, 1.807) is 24.5 Å². The molecule has 7 nitrogen and oxygen atoms in total. The fraction of sp³-hybridized carbons (Fsp3) is 0.0909. The van der Waals surface area contributed by atoms with E-state index in [0.29, 0.717) is 22.1 Å². The molecular formula is C22H17FN4O3S. The van der Waals surface area contributed by atoms with Crippen LogP contribution < -0.4 is 10.6 Å². The van der Waals surface area contributed by atoms with E-state index in [9.17, 15) is 14.0 Å². The summed E-state index contributed by atoms with van der Waals surface area (Å²) in [5, 5.41) is 6.44. The Labute approximate surface area is 181 Å². The lowest BCUT2D eigenvalue weighted by Gasteiger charge is -2.08. The minimum Gasteiger partial charge on any atom is -0.451 e. The molecule has 156 valence electrons. The van der Waals surface area contributed by atoms with Gasteiger partial charge in [0.2, 0.25) is 0 Å². The van der Waals surface area contributed by atoms with Gasteiger partial charge in [0.05, 0.1) is 5.56 Å². The van der Waals surface area contributed by atoms with E-state index < -0.39 is 17.6 Å². The van der Waals surface area contributed by atoms with Crippen molar-refractivity contribution < 1.29 is 18.4 Å². The molecule has 0 fully saturated rings. The topological polar surface area (TPSA) is 97.1 Å². The maximum Gasteiger partial charge on any atom is 0.291 e. The van der Waals surface area contributed by atoms with Crippen molar-refractivity contribution in [3.63, 3.8) is 0 Å². The summed E-state index contributed by atoms with van der Waals surface area (Å²) >= 11 is 1.38. The average Bonchev–Trinajstić information content (AvgIpc) is 3.18. The molecule has 0 bridgehead atoms. The van der Waals surface area contributed by atoms with Gasteiger partial charge in [-0.15, -0.1) is 0 Å². The molecule has 0 aliphatic heterocycles. The van der Waals surface area contributed by atoms with Crippen molar-refractivity contribution in [1.29, 1.82) is 0 Å². The number of aromatic nitrogens is 2. The third-order valence-corrected chi connectivity index (χ3v) is 5.39. The van der Waals surface area contributed by atoms with Gasteiger partial charge >= 0.3 is 0 Å². The van der Waals surface area contributed by atoms with Crippen LogP contribution in [0.2, 0.25) is 0 Å². The molecule has 2 heterocycles. The Hall–Kier alpha value is -3.72. The van der Waals surface area contributed by atoms with Crippen LogP contribution in [0.4, 0.5) is 10.1 Å². The van der Waals surface area contributed by atoms with E-state index >= 15 is 0 Å². The molecule has 0 unspecified atom stereocenters. The summed E-state index contributed by atoms with van der Waals surface area (Å²) < 4.78 is 19.8. The molecule has 31 heavy (non-hydrogen) atoms. The maximum atomic E-state index is 13.9. The number of amides is 2. The predicted molar refractivity (Wildman–Crippen MR) is 116 cm³/mol. The van der Waals surface area contributed by atoms with Crippen molar-refractivity contribution in [3.05, 3.63) is 83.6 Å². The second-order valence-corrected chi connectivity index (χ2v) is 7.40. The minimum absolute atomic E-state index is 0.135. The first-order valence-electron chi connectivity index (χ1n) is 9.30. The number of anilines is 1. The Morgan fingerprint density at radius 1 is 1.06 bits per heavy atom. The highest BCUT2D eigenvalue weighted by molar-refractivity contribution is 7.98. The Balaban J connectivity index is 1.64. The van der Waals surface area contributed by atoms with Crippen molar-refractivity contribution in [3.8, 4) is 0 Å². The van der Waals surface area contributed by atoms with Gasteiger partial charge in [-0.05, 0) is 30.3 Å². The third-order valence-electron chi connectivity index (χ3n) is 4.49. The summed E-state index contributed by atoms with van der Waals surface area (Å²) in [4.78, 5) is 33.2. The maximum absolute atomic E-state index is 13.9. The highest BCUT2D eigenvalue weighted by Crippen LogP contribution is 2.31. The van der Waals surface area contributed by atoms with Gasteiger partial charge in [-0.1, -0.05) is 30.0 Å². The summed E-state index contributed by atoms with van der Waals surface area (Å²) in [5.74, 6) is -1.22. The van der Waals surface area contributed by atoms with E-state index in [-0.39, 0.29) is 17.0 Å². The zero-order valence-corrected chi connectivity index (χ0v) is 17.2. The van der Waals surface area contributed by atoms with Crippen LogP contribution in [0.25, 0.3) is 11.0 Å². The van der Waals surface area contributed by atoms with Crippen molar-refractivity contribution in [2.24, 2.45) is 0 Å². The summed E-state index contributed by atoms with van der Waals surface area (Å²) in [6.07, 6.45) is 3.30. The summed E-state index contributed by atoms with van der Waals surface area (Å²) in [5.41, 5.74) is 1.37. The van der Waals surface area contributed by atoms with Crippen LogP contribution in [-0.4, -0.2) is 28.8 Å². The average molecular weight is 436 g/mol. The number of carbonyl (C=O) groups is 2. The molecule has 0 aliphatic carbocycles. The number of rotatable bonds is 6. The number of para-hydroxylation sites is 1. The second-order valence-electron chi connectivity index (χ2n) is 6.45. The molecule has 0 saturated heterocycles. The number of benzene rings is 2. The molecule has 2 aromatic carbocycles. The molecule has 2 aromatic heterocycles. The molecule has 2 amide bonds. The van der Waals surface area contributed by atoms with Crippen molar-refractivity contribution in [2.45, 2.75) is 10.9 Å². The normalized spacial score (nSPS) is 10.8. The number of fused-ring (bicyclic) bond motifs is 1. The first kappa shape index (κ1) is 20.5. The molecular weight excluding hydrogens is 419 g/mol. The van der Waals surface area contributed by atoms with Gasteiger partial charge in [0.25, 0.3) is 11.8 Å². The quantitative estimate of drug-likeness (QED) is 0.346. The number of hydrogen-bond donors (Lipinski definition) is 2. The number of carbonyl (C=O) groups excluding carboxylic acids is 2. The molecule has 0 aliphatic rings. The van der Waals surface area contributed by atoms with Gasteiger partial charge < -0.3 is 15.1 Å². The molecule has 0 spiro atoms. The van der Waals surface area contributed by atoms with Gasteiger partial charge in [0, 0.05) is 41.8 Å². The van der Waals surface area contributed by atoms with Crippen LogP contribution in [0.5, 0.6) is 0 Å². The van der Waals surface area contributed by atoms with E-state index in [4.69, 9.17) is 4.42 Å². The lowest BCUT2D eigenvalue weighted by atomic mass is 10.1. The Kier molecular flexibility index (Phi) is 5.94. The third kappa shape index (κ3) is 4.41. The molecule has 0 radical (unpaired) electrons. The lowest BCUT2D eigenvalue weighted by Crippen LogP contribution is -2.20. The van der Waals surface area contributed by atoms with E-state index in [1.165, 1.54) is 30.9 Å². The Bertz CT molecular complexity index is 1260. The van der Waals surface area contributed by atoms with Crippen molar-refractivity contribution in [2.75, 3.05) is 12.4 Å². The molecule has 0 atom stereocenters. The van der Waals surface area contributed by atoms with Crippen LogP contribution >= 0.6 is 11.8 Å². The van der Waals surface area contributed by atoms with E-state index in [2.05, 4.69) is 20.6 Å². The van der Waals surface area contributed by atoms with Crippen LogP contribution in [0.1, 0.15) is 26.5 Å². The lowest BCUT2D eigenvalue weighted by molar-refractivity contribution is 0.0956. The van der Waals surface area contributed by atoms with Crippen molar-refractivity contribution >= 4 is 40.2 Å². The Morgan fingerprint density at radius 2 is 1.84 bits per heavy atom. The second kappa shape index (κ2) is 8.97. The largest absolute Gasteiger partial charge is 0.451 e. The summed E-state index contributed by atoms with van der Waals surface area (Å²) in [6, 6.07) is 12.9. The summed E-state index contributed by atoms with van der Waals surface area (Å²) in [7, 11) is 1.40. The fourth-order valence-electron chi connectivity index (χ4n) is 3.02. The van der Waals surface area contributed by atoms with Gasteiger partial charge in [0.1, 0.15) is 11.4 Å². The monoisotopic (exact) mass is 436 g/mol. The number of furan rings is 1. The highest BCUT2D eigenvalue weighted by atomic mass is 32.2. The summed E-state index contributed by atoms with van der Waals surface area (Å²) in [6.45, 7) is 0. The highest BCUT2D eigenvalue weighted by Gasteiger charge is 2.22. The van der Waals surface area contributed by atoms with E-state index in [0.717, 1.165) is 11.5 Å². The van der Waals surface area contributed by atoms with Crippen LogP contribution in [0.3, 0.4) is 0 Å². The van der Waals surface area contributed by atoms with Gasteiger partial charge in [-0.2, -0.15) is 0 Å². The molecule has 9 heteroatoms. The fourth-order valence-corrected chi connectivity index (χ4v) is 3.85. The van der Waals surface area contributed by atoms with Crippen molar-refractivity contribution in [1.82, 2.24) is 15.3 Å². The smallest absolute Gasteiger partial charge is 0.291 e. The standard InChI is InChI=1S/C22H17FN4O3S/c1-24-20(28)15-11-13(7-8-17(15)23)27-21(29)19-16(12-31-22-25-9-4-10-26-22)14-5-2-3-6-18(14)30-19/h2-11H,12H2,1H3,(H,24,28)(H,27,29). The van der Waals surface area contributed by atoms with Gasteiger partial charge in [0.15, 0.2) is 10.9 Å². The predicted octanol–water partition coefficient (Wildman–Crippen LogP) is 4.27. The first-order valence-corrected chi connectivity index (χ1v) is 10.3. The van der Waals surface area contributed by atoms with E-state index in [1.807, 2.05) is 18.2 Å². The zero-order chi connectivity index (χ0) is 21.8. The Morgan fingerprint density at radius 3 is 2.61 bits per heavy atom. The minimum atomic E-state index is -0.680. The first-order chi connectivity index (χ1) is 15.1. The number of nitrogens with one attached hydrogen (secondary N) is 2. The molecule has 0 saturated carbocycles. The van der Waals surface area contributed by atoms with Crippen LogP contribution in [0, 0.1) is 5.82 Å². The van der Waals surface area contributed by atoms with Crippen LogP contribution in [-0.2, 0) is 5.75 Å². The zero-order valence-electron chi connectivity index (χ0n) is 16.4. The van der Waals surface area contributed by atoms with Gasteiger partial charge in [-0.25, -0.2) is 14.4 Å². The molecule has 4 rings (SSSR count). The number of hydrogen-bond acceptors (Lipinski definition) is 6. The molecule has 2 N–H and O–H groups in total. The van der Waals surface area contributed by atoms with Crippen LogP contribution in [0.15, 0.2) is 70.5 Å².